The molecule has 1 aliphatic rings. The van der Waals surface area contributed by atoms with Crippen molar-refractivity contribution >= 4 is 45.1 Å². The Morgan fingerprint density at radius 1 is 1.26 bits per heavy atom. The molecule has 1 amide bonds. The molecule has 0 radical (unpaired) electrons. The van der Waals surface area contributed by atoms with Crippen LogP contribution in [0.25, 0.3) is 10.2 Å². The molecule has 42 heavy (non-hydrogen) atoms. The fourth-order valence-corrected chi connectivity index (χ4v) is 5.85. The number of thiophene rings is 1. The van der Waals surface area contributed by atoms with Crippen LogP contribution in [0.4, 0.5) is 11.6 Å². The molecule has 1 atom stereocenters. The first-order chi connectivity index (χ1) is 20.3. The number of phenols is 1. The molecular formula is C30H30N6O5S. The maximum absolute atomic E-state index is 13.9. The Morgan fingerprint density at radius 3 is 2.83 bits per heavy atom. The third kappa shape index (κ3) is 5.97. The van der Waals surface area contributed by atoms with Crippen molar-refractivity contribution in [3.8, 4) is 17.6 Å². The average molecular weight is 587 g/mol. The zero-order chi connectivity index (χ0) is 29.8. The summed E-state index contributed by atoms with van der Waals surface area (Å²) in [6.07, 6.45) is 2.43. The first kappa shape index (κ1) is 28.8. The normalized spacial score (nSPS) is 14.9. The van der Waals surface area contributed by atoms with Gasteiger partial charge >= 0.3 is 5.97 Å². The average Bonchev–Trinajstić information content (AvgIpc) is 3.41. The van der Waals surface area contributed by atoms with Gasteiger partial charge in [-0.1, -0.05) is 31.2 Å². The van der Waals surface area contributed by atoms with Gasteiger partial charge in [-0.3, -0.25) is 19.0 Å². The highest BCUT2D eigenvalue weighted by Gasteiger charge is 2.25. The Morgan fingerprint density at radius 2 is 2.07 bits per heavy atom. The number of para-hydroxylation sites is 1. The fourth-order valence-electron chi connectivity index (χ4n) is 4.91. The molecule has 1 saturated heterocycles. The van der Waals surface area contributed by atoms with E-state index in [1.807, 2.05) is 17.9 Å². The molecule has 2 aromatic heterocycles. The fraction of sp³-hybridized carbons (Fsp3) is 0.300. The number of anilines is 2. The van der Waals surface area contributed by atoms with Crippen molar-refractivity contribution in [3.63, 3.8) is 0 Å². The van der Waals surface area contributed by atoms with E-state index in [4.69, 9.17) is 15.5 Å². The summed E-state index contributed by atoms with van der Waals surface area (Å²) in [6.45, 7) is 3.14. The van der Waals surface area contributed by atoms with Crippen LogP contribution in [0.2, 0.25) is 0 Å². The zero-order valence-corrected chi connectivity index (χ0v) is 23.8. The lowest BCUT2D eigenvalue weighted by molar-refractivity contribution is -0.134. The van der Waals surface area contributed by atoms with Crippen LogP contribution in [-0.2, 0) is 11.3 Å². The minimum atomic E-state index is -0.557. The summed E-state index contributed by atoms with van der Waals surface area (Å²) >= 11 is 0.988. The molecule has 0 bridgehead atoms. The second-order valence-electron chi connectivity index (χ2n) is 10.1. The van der Waals surface area contributed by atoms with E-state index in [2.05, 4.69) is 11.4 Å². The van der Waals surface area contributed by atoms with E-state index in [0.717, 1.165) is 24.2 Å². The molecular weight excluding hydrogens is 556 g/mol. The molecule has 5 rings (SSSR count). The molecule has 1 fully saturated rings. The number of hydrogen-bond acceptors (Lipinski definition) is 10. The Labute approximate surface area is 245 Å². The van der Waals surface area contributed by atoms with Gasteiger partial charge in [-0.15, -0.1) is 11.3 Å². The number of rotatable bonds is 8. The predicted molar refractivity (Wildman–Crippen MR) is 160 cm³/mol. The highest BCUT2D eigenvalue weighted by molar-refractivity contribution is 7.20. The molecule has 3 heterocycles. The van der Waals surface area contributed by atoms with Gasteiger partial charge in [0.2, 0.25) is 5.95 Å². The molecule has 4 aromatic rings. The number of nitrogens with one attached hydrogen (secondary N) is 1. The Hall–Kier alpha value is -4.73. The number of fused-ring (bicyclic) bond motifs is 1. The first-order valence-corrected chi connectivity index (χ1v) is 14.5. The SMILES string of the molecule is CCCC(=O)Oc1c(O)cccc1NC(=O)c1cc2nc(N3CCC[C@@H](N)C3)n(Cc3ccccc3C#N)c(=O)c2s1. The van der Waals surface area contributed by atoms with Crippen molar-refractivity contribution in [2.24, 2.45) is 5.73 Å². The van der Waals surface area contributed by atoms with Crippen LogP contribution in [0.5, 0.6) is 11.5 Å². The van der Waals surface area contributed by atoms with Gasteiger partial charge in [0.05, 0.1) is 34.3 Å². The van der Waals surface area contributed by atoms with Gasteiger partial charge in [-0.2, -0.15) is 5.26 Å². The van der Waals surface area contributed by atoms with Crippen LogP contribution >= 0.6 is 11.3 Å². The zero-order valence-electron chi connectivity index (χ0n) is 23.0. The summed E-state index contributed by atoms with van der Waals surface area (Å²) in [5.74, 6) is -1.10. The van der Waals surface area contributed by atoms with E-state index in [1.54, 1.807) is 24.3 Å². The number of aromatic nitrogens is 2. The number of amides is 1. The monoisotopic (exact) mass is 586 g/mol. The maximum atomic E-state index is 13.9. The van der Waals surface area contributed by atoms with E-state index in [1.165, 1.54) is 22.8 Å². The Balaban J connectivity index is 1.54. The number of aromatic hydroxyl groups is 1. The van der Waals surface area contributed by atoms with Crippen LogP contribution in [0, 0.1) is 11.3 Å². The molecule has 1 aliphatic heterocycles. The number of nitrogens with zero attached hydrogens (tertiary/aromatic N) is 4. The molecule has 216 valence electrons. The number of carbonyl (C=O) groups excluding carboxylic acids is 2. The van der Waals surface area contributed by atoms with Crippen molar-refractivity contribution in [2.75, 3.05) is 23.3 Å². The topological polar surface area (TPSA) is 164 Å². The van der Waals surface area contributed by atoms with Crippen molar-refractivity contribution in [1.82, 2.24) is 9.55 Å². The van der Waals surface area contributed by atoms with Crippen LogP contribution < -0.4 is 26.2 Å². The predicted octanol–water partition coefficient (Wildman–Crippen LogP) is 3.97. The molecule has 0 spiro atoms. The van der Waals surface area contributed by atoms with Crippen molar-refractivity contribution in [3.05, 3.63) is 74.9 Å². The third-order valence-electron chi connectivity index (χ3n) is 6.96. The lowest BCUT2D eigenvalue weighted by atomic mass is 10.1. The first-order valence-electron chi connectivity index (χ1n) is 13.7. The third-order valence-corrected chi connectivity index (χ3v) is 8.07. The summed E-state index contributed by atoms with van der Waals surface area (Å²) in [5, 5.41) is 22.6. The van der Waals surface area contributed by atoms with Gasteiger partial charge in [0.25, 0.3) is 11.5 Å². The number of carbonyl (C=O) groups is 2. The lowest BCUT2D eigenvalue weighted by Gasteiger charge is -2.33. The number of ether oxygens (including phenoxy) is 1. The van der Waals surface area contributed by atoms with E-state index in [9.17, 15) is 24.8 Å². The standard InChI is InChI=1S/C30H30N6O5S/c1-2-7-25(38)41-26-21(11-5-12-23(26)37)33-28(39)24-14-22-27(42-24)29(40)36(16-19-9-4-3-8-18(19)15-31)30(34-22)35-13-6-10-20(32)17-35/h3-5,8-9,11-12,14,20,37H,2,6-7,10,13,16-17,32H2,1H3,(H,33,39)/t20-/m1/s1. The molecule has 0 saturated carbocycles. The Kier molecular flexibility index (Phi) is 8.51. The van der Waals surface area contributed by atoms with Crippen LogP contribution in [0.1, 0.15) is 53.4 Å². The van der Waals surface area contributed by atoms with Gasteiger partial charge in [0.15, 0.2) is 11.5 Å². The van der Waals surface area contributed by atoms with Gasteiger partial charge in [0, 0.05) is 25.6 Å². The van der Waals surface area contributed by atoms with Gasteiger partial charge in [0.1, 0.15) is 4.70 Å². The second-order valence-corrected chi connectivity index (χ2v) is 11.1. The summed E-state index contributed by atoms with van der Waals surface area (Å²) in [5.41, 5.74) is 7.52. The second kappa shape index (κ2) is 12.4. The van der Waals surface area contributed by atoms with E-state index < -0.39 is 11.9 Å². The van der Waals surface area contributed by atoms with E-state index in [-0.39, 0.29) is 51.3 Å². The number of benzene rings is 2. The number of esters is 1. The molecule has 0 unspecified atom stereocenters. The lowest BCUT2D eigenvalue weighted by Crippen LogP contribution is -2.45. The van der Waals surface area contributed by atoms with Gasteiger partial charge in [-0.05, 0) is 49.1 Å². The van der Waals surface area contributed by atoms with Crippen LogP contribution in [0.3, 0.4) is 0 Å². The number of nitrogens with two attached hydrogens (primary N) is 1. The van der Waals surface area contributed by atoms with E-state index >= 15 is 0 Å². The van der Waals surface area contributed by atoms with Crippen LogP contribution in [0.15, 0.2) is 53.3 Å². The smallest absolute Gasteiger partial charge is 0.311 e. The molecule has 4 N–H and O–H groups in total. The highest BCUT2D eigenvalue weighted by Crippen LogP contribution is 2.35. The van der Waals surface area contributed by atoms with Crippen molar-refractivity contribution < 1.29 is 19.4 Å². The van der Waals surface area contributed by atoms with E-state index in [0.29, 0.717) is 42.1 Å². The molecule has 0 aliphatic carbocycles. The largest absolute Gasteiger partial charge is 0.504 e. The molecule has 12 heteroatoms. The van der Waals surface area contributed by atoms with Gasteiger partial charge in [-0.25, -0.2) is 4.98 Å². The summed E-state index contributed by atoms with van der Waals surface area (Å²) in [7, 11) is 0. The minimum Gasteiger partial charge on any atom is -0.504 e. The summed E-state index contributed by atoms with van der Waals surface area (Å²) in [6, 6.07) is 15.1. The quantitative estimate of drug-likeness (QED) is 0.205. The van der Waals surface area contributed by atoms with Crippen molar-refractivity contribution in [2.45, 2.75) is 45.2 Å². The van der Waals surface area contributed by atoms with Crippen LogP contribution in [-0.4, -0.2) is 45.7 Å². The van der Waals surface area contributed by atoms with Gasteiger partial charge < -0.3 is 25.8 Å². The molecule has 2 aromatic carbocycles. The van der Waals surface area contributed by atoms with Crippen molar-refractivity contribution in [1.29, 1.82) is 5.26 Å². The number of nitriles is 1. The number of phenolic OH excluding ortho intramolecular Hbond substituents is 1. The molecule has 11 nitrogen and oxygen atoms in total. The Bertz CT molecular complexity index is 1760. The minimum absolute atomic E-state index is 0.0714. The maximum Gasteiger partial charge on any atom is 0.311 e. The summed E-state index contributed by atoms with van der Waals surface area (Å²) < 4.78 is 7.13. The highest BCUT2D eigenvalue weighted by atomic mass is 32.1. The number of piperidine rings is 1. The summed E-state index contributed by atoms with van der Waals surface area (Å²) in [4.78, 5) is 46.4. The number of hydrogen-bond donors (Lipinski definition) is 3.